The minimum absolute atomic E-state index is 1.23. The van der Waals surface area contributed by atoms with Crippen LogP contribution in [0.1, 0.15) is 5.56 Å². The molecule has 0 aromatic heterocycles. The minimum atomic E-state index is 1.23. The predicted octanol–water partition coefficient (Wildman–Crippen LogP) is 12.1. The summed E-state index contributed by atoms with van der Waals surface area (Å²) in [6, 6.07) is 59.8. The van der Waals surface area contributed by atoms with Gasteiger partial charge in [0.15, 0.2) is 0 Å². The molecule has 8 aromatic carbocycles. The van der Waals surface area contributed by atoms with E-state index in [4.69, 9.17) is 0 Å². The summed E-state index contributed by atoms with van der Waals surface area (Å²) in [5.41, 5.74) is 11.3. The van der Waals surface area contributed by atoms with Crippen molar-refractivity contribution in [3.05, 3.63) is 169 Å². The summed E-state index contributed by atoms with van der Waals surface area (Å²) in [6.45, 7) is 2.20. The van der Waals surface area contributed by atoms with E-state index >= 15 is 0 Å². The van der Waals surface area contributed by atoms with Gasteiger partial charge in [0, 0.05) is 0 Å². The second kappa shape index (κ2) is 10.4. The molecule has 202 valence electrons. The van der Waals surface area contributed by atoms with Crippen molar-refractivity contribution in [2.24, 2.45) is 0 Å². The third kappa shape index (κ3) is 4.15. The average molecular weight is 547 g/mol. The van der Waals surface area contributed by atoms with Crippen molar-refractivity contribution in [3.8, 4) is 44.5 Å². The molecule has 0 unspecified atom stereocenters. The molecule has 0 aliphatic heterocycles. The summed E-state index contributed by atoms with van der Waals surface area (Å²) < 4.78 is 0. The highest BCUT2D eigenvalue weighted by atomic mass is 14.3. The molecule has 0 nitrogen and oxygen atoms in total. The highest BCUT2D eigenvalue weighted by Gasteiger charge is 2.25. The molecule has 0 saturated carbocycles. The van der Waals surface area contributed by atoms with Gasteiger partial charge in [-0.25, -0.2) is 0 Å². The Morgan fingerprint density at radius 2 is 0.581 bits per heavy atom. The first-order valence-corrected chi connectivity index (χ1v) is 15.0. The van der Waals surface area contributed by atoms with Gasteiger partial charge < -0.3 is 0 Å². The van der Waals surface area contributed by atoms with Gasteiger partial charge in [0.25, 0.3) is 0 Å². The Morgan fingerprint density at radius 3 is 0.953 bits per heavy atom. The second-order valence-corrected chi connectivity index (χ2v) is 11.3. The van der Waals surface area contributed by atoms with Crippen molar-refractivity contribution in [3.63, 3.8) is 0 Å². The minimum Gasteiger partial charge on any atom is -0.0622 e. The van der Waals surface area contributed by atoms with Crippen LogP contribution < -0.4 is 0 Å². The maximum Gasteiger partial charge on any atom is -0.000139 e. The van der Waals surface area contributed by atoms with Crippen molar-refractivity contribution in [2.45, 2.75) is 6.92 Å². The molecule has 0 aliphatic rings. The van der Waals surface area contributed by atoms with Crippen LogP contribution in [0.15, 0.2) is 164 Å². The summed E-state index contributed by atoms with van der Waals surface area (Å²) in [6.07, 6.45) is 0. The molecular formula is C43H30. The van der Waals surface area contributed by atoms with E-state index in [0.29, 0.717) is 0 Å². The molecular weight excluding hydrogens is 516 g/mol. The standard InChI is InChI=1S/C43H30/c1-29-26-27-36-37(28-29)41(33-22-12-5-13-23-33)43-39(31-18-8-3-9-19-31)35-25-15-14-24-34(35)38(30-16-6-2-7-17-30)42(43)40(36)32-20-10-4-11-21-32/h2-28H,1H3. The van der Waals surface area contributed by atoms with Gasteiger partial charge in [-0.15, -0.1) is 0 Å². The Labute approximate surface area is 252 Å². The van der Waals surface area contributed by atoms with Crippen LogP contribution in [0.4, 0.5) is 0 Å². The van der Waals surface area contributed by atoms with Crippen LogP contribution in [-0.2, 0) is 0 Å². The molecule has 0 heteroatoms. The van der Waals surface area contributed by atoms with Crippen molar-refractivity contribution in [2.75, 3.05) is 0 Å². The number of hydrogen-bond acceptors (Lipinski definition) is 0. The molecule has 0 aliphatic carbocycles. The fourth-order valence-corrected chi connectivity index (χ4v) is 6.91. The van der Waals surface area contributed by atoms with Gasteiger partial charge in [-0.1, -0.05) is 169 Å². The molecule has 0 atom stereocenters. The van der Waals surface area contributed by atoms with Gasteiger partial charge in [-0.3, -0.25) is 0 Å². The van der Waals surface area contributed by atoms with E-state index in [1.54, 1.807) is 0 Å². The molecule has 8 rings (SSSR count). The van der Waals surface area contributed by atoms with Gasteiger partial charge in [0.05, 0.1) is 0 Å². The summed E-state index contributed by atoms with van der Waals surface area (Å²) in [4.78, 5) is 0. The van der Waals surface area contributed by atoms with Crippen molar-refractivity contribution < 1.29 is 0 Å². The van der Waals surface area contributed by atoms with E-state index in [0.717, 1.165) is 0 Å². The average Bonchev–Trinajstić information content (AvgIpc) is 3.07. The number of hydrogen-bond donors (Lipinski definition) is 0. The number of rotatable bonds is 4. The molecule has 0 saturated heterocycles. The maximum atomic E-state index is 2.38. The Balaban J connectivity index is 1.78. The first kappa shape index (κ1) is 25.3. The van der Waals surface area contributed by atoms with Crippen LogP contribution in [0.5, 0.6) is 0 Å². The molecule has 0 radical (unpaired) electrons. The first-order chi connectivity index (χ1) is 21.3. The fraction of sp³-hybridized carbons (Fsp3) is 0.0233. The molecule has 0 spiro atoms. The van der Waals surface area contributed by atoms with Crippen LogP contribution in [0.2, 0.25) is 0 Å². The summed E-state index contributed by atoms with van der Waals surface area (Å²) in [5.74, 6) is 0. The SMILES string of the molecule is Cc1ccc2c(-c3ccccc3)c3c(-c4ccccc4)c4ccccc4c(-c4ccccc4)c3c(-c3ccccc3)c2c1. The Bertz CT molecular complexity index is 2250. The van der Waals surface area contributed by atoms with Crippen molar-refractivity contribution >= 4 is 32.3 Å². The van der Waals surface area contributed by atoms with E-state index in [-0.39, 0.29) is 0 Å². The maximum absolute atomic E-state index is 2.38. The zero-order valence-corrected chi connectivity index (χ0v) is 24.1. The molecule has 0 heterocycles. The third-order valence-corrected chi connectivity index (χ3v) is 8.68. The smallest absolute Gasteiger partial charge is 0.000139 e. The fourth-order valence-electron chi connectivity index (χ4n) is 6.91. The van der Waals surface area contributed by atoms with Gasteiger partial charge in [-0.2, -0.15) is 0 Å². The normalized spacial score (nSPS) is 11.4. The second-order valence-electron chi connectivity index (χ2n) is 11.3. The largest absolute Gasteiger partial charge is 0.0622 e. The lowest BCUT2D eigenvalue weighted by Gasteiger charge is -2.25. The van der Waals surface area contributed by atoms with Gasteiger partial charge in [0.1, 0.15) is 0 Å². The number of aryl methyl sites for hydroxylation is 1. The molecule has 0 bridgehead atoms. The highest BCUT2D eigenvalue weighted by molar-refractivity contribution is 6.33. The summed E-state index contributed by atoms with van der Waals surface area (Å²) in [7, 11) is 0. The zero-order valence-electron chi connectivity index (χ0n) is 24.1. The van der Waals surface area contributed by atoms with Gasteiger partial charge >= 0.3 is 0 Å². The van der Waals surface area contributed by atoms with E-state index in [1.165, 1.54) is 82.4 Å². The predicted molar refractivity (Wildman–Crippen MR) is 185 cm³/mol. The quantitative estimate of drug-likeness (QED) is 0.193. The lowest BCUT2D eigenvalue weighted by atomic mass is 9.77. The van der Waals surface area contributed by atoms with Crippen LogP contribution >= 0.6 is 0 Å². The van der Waals surface area contributed by atoms with E-state index < -0.39 is 0 Å². The monoisotopic (exact) mass is 546 g/mol. The van der Waals surface area contributed by atoms with Crippen LogP contribution in [0, 0.1) is 6.92 Å². The summed E-state index contributed by atoms with van der Waals surface area (Å²) >= 11 is 0. The van der Waals surface area contributed by atoms with E-state index in [1.807, 2.05) is 0 Å². The molecule has 0 fully saturated rings. The van der Waals surface area contributed by atoms with E-state index in [9.17, 15) is 0 Å². The highest BCUT2D eigenvalue weighted by Crippen LogP contribution is 2.53. The molecule has 43 heavy (non-hydrogen) atoms. The topological polar surface area (TPSA) is 0 Å². The first-order valence-electron chi connectivity index (χ1n) is 15.0. The van der Waals surface area contributed by atoms with E-state index in [2.05, 4.69) is 171 Å². The number of benzene rings is 8. The van der Waals surface area contributed by atoms with Crippen LogP contribution in [0.25, 0.3) is 76.8 Å². The van der Waals surface area contributed by atoms with Gasteiger partial charge in [-0.05, 0) is 83.7 Å². The molecule has 0 N–H and O–H groups in total. The Morgan fingerprint density at radius 1 is 0.279 bits per heavy atom. The lowest BCUT2D eigenvalue weighted by Crippen LogP contribution is -1.98. The van der Waals surface area contributed by atoms with Crippen molar-refractivity contribution in [1.82, 2.24) is 0 Å². The third-order valence-electron chi connectivity index (χ3n) is 8.68. The summed E-state index contributed by atoms with van der Waals surface area (Å²) in [5, 5.41) is 7.68. The molecule has 8 aromatic rings. The zero-order chi connectivity index (χ0) is 28.8. The number of fused-ring (bicyclic) bond motifs is 3. The van der Waals surface area contributed by atoms with Crippen LogP contribution in [-0.4, -0.2) is 0 Å². The van der Waals surface area contributed by atoms with Crippen molar-refractivity contribution in [1.29, 1.82) is 0 Å². The van der Waals surface area contributed by atoms with Gasteiger partial charge in [0.2, 0.25) is 0 Å². The van der Waals surface area contributed by atoms with Crippen LogP contribution in [0.3, 0.4) is 0 Å². The molecule has 0 amide bonds. The lowest BCUT2D eigenvalue weighted by molar-refractivity contribution is 1.51. The Kier molecular flexibility index (Phi) is 6.12. The Hall–Kier alpha value is -5.46.